The summed E-state index contributed by atoms with van der Waals surface area (Å²) >= 11 is 0. The predicted molar refractivity (Wildman–Crippen MR) is 88.4 cm³/mol. The Morgan fingerprint density at radius 2 is 1.79 bits per heavy atom. The van der Waals surface area contributed by atoms with Gasteiger partial charge in [0, 0.05) is 11.1 Å². The van der Waals surface area contributed by atoms with E-state index in [1.807, 2.05) is 0 Å². The second-order valence-corrected chi connectivity index (χ2v) is 6.27. The van der Waals surface area contributed by atoms with Crippen LogP contribution in [0.5, 0.6) is 0 Å². The van der Waals surface area contributed by atoms with Gasteiger partial charge in [-0.15, -0.1) is 0 Å². The number of hydrogen-bond acceptors (Lipinski definition) is 4. The monoisotopic (exact) mass is 331 g/mol. The van der Waals surface area contributed by atoms with Crippen LogP contribution in [0.3, 0.4) is 0 Å². The Hall–Kier alpha value is -2.89. The Kier molecular flexibility index (Phi) is 4.59. The molecule has 0 spiro atoms. The zero-order valence-corrected chi connectivity index (χ0v) is 13.6. The van der Waals surface area contributed by atoms with E-state index in [1.54, 1.807) is 20.8 Å². The molecule has 0 bridgehead atoms. The molecule has 2 rings (SSSR count). The fourth-order valence-corrected chi connectivity index (χ4v) is 2.18. The largest absolute Gasteiger partial charge is 0.478 e. The summed E-state index contributed by atoms with van der Waals surface area (Å²) in [5, 5.41) is 9.06. The van der Waals surface area contributed by atoms with Gasteiger partial charge in [-0.25, -0.2) is 14.0 Å². The number of rotatable bonds is 3. The second kappa shape index (κ2) is 6.31. The number of anilines is 1. The molecule has 126 valence electrons. The number of aromatic carboxylic acids is 1. The Labute approximate surface area is 138 Å². The molecule has 0 saturated heterocycles. The topological polar surface area (TPSA) is 89.6 Å². The molecule has 0 aromatic heterocycles. The quantitative estimate of drug-likeness (QED) is 0.661. The molecule has 0 fully saturated rings. The van der Waals surface area contributed by atoms with Crippen LogP contribution in [0.4, 0.5) is 10.1 Å². The van der Waals surface area contributed by atoms with Gasteiger partial charge in [0.05, 0.1) is 16.8 Å². The van der Waals surface area contributed by atoms with E-state index >= 15 is 0 Å². The number of nitrogens with two attached hydrogens (primary N) is 1. The number of hydrogen-bond donors (Lipinski definition) is 2. The maximum absolute atomic E-state index is 14.1. The Bertz CT molecular complexity index is 809. The minimum atomic E-state index is -1.18. The molecule has 24 heavy (non-hydrogen) atoms. The summed E-state index contributed by atoms with van der Waals surface area (Å²) in [5.74, 6) is -2.44. The van der Waals surface area contributed by atoms with Gasteiger partial charge in [0.1, 0.15) is 11.4 Å². The number of benzene rings is 2. The van der Waals surface area contributed by atoms with Gasteiger partial charge in [-0.05, 0) is 45.0 Å². The molecule has 0 amide bonds. The fourth-order valence-electron chi connectivity index (χ4n) is 2.18. The number of carbonyl (C=O) groups is 2. The summed E-state index contributed by atoms with van der Waals surface area (Å²) in [6.07, 6.45) is 0. The van der Waals surface area contributed by atoms with Crippen LogP contribution in [0.2, 0.25) is 0 Å². The first-order valence-corrected chi connectivity index (χ1v) is 7.25. The predicted octanol–water partition coefficient (Wildman–Crippen LogP) is 3.73. The van der Waals surface area contributed by atoms with Crippen LogP contribution in [-0.2, 0) is 4.74 Å². The van der Waals surface area contributed by atoms with Crippen molar-refractivity contribution >= 4 is 17.6 Å². The van der Waals surface area contributed by atoms with Crippen molar-refractivity contribution in [2.45, 2.75) is 26.4 Å². The second-order valence-electron chi connectivity index (χ2n) is 6.27. The van der Waals surface area contributed by atoms with Gasteiger partial charge >= 0.3 is 11.9 Å². The van der Waals surface area contributed by atoms with Crippen molar-refractivity contribution in [1.29, 1.82) is 0 Å². The molecular formula is C18H18FNO4. The third-order valence-corrected chi connectivity index (χ3v) is 3.23. The summed E-state index contributed by atoms with van der Waals surface area (Å²) in [5.41, 5.74) is 5.62. The van der Waals surface area contributed by atoms with Gasteiger partial charge in [-0.2, -0.15) is 0 Å². The Morgan fingerprint density at radius 3 is 2.38 bits per heavy atom. The zero-order valence-electron chi connectivity index (χ0n) is 13.6. The molecule has 5 nitrogen and oxygen atoms in total. The van der Waals surface area contributed by atoms with Crippen LogP contribution in [-0.4, -0.2) is 22.6 Å². The SMILES string of the molecule is CC(C)(C)OC(=O)c1cccc(-c2cc(C(=O)O)ccc2F)c1N. The van der Waals surface area contributed by atoms with Gasteiger partial charge in [-0.1, -0.05) is 12.1 Å². The molecule has 0 aliphatic rings. The van der Waals surface area contributed by atoms with Crippen LogP contribution in [0, 0.1) is 5.82 Å². The summed E-state index contributed by atoms with van der Waals surface area (Å²) in [6, 6.07) is 7.94. The van der Waals surface area contributed by atoms with Crippen LogP contribution in [0.1, 0.15) is 41.5 Å². The number of esters is 1. The van der Waals surface area contributed by atoms with E-state index in [0.717, 1.165) is 12.1 Å². The first kappa shape index (κ1) is 17.5. The number of halogens is 1. The standard InChI is InChI=1S/C18H18FNO4/c1-18(2,3)24-17(23)12-6-4-5-11(15(12)20)13-9-10(16(21)22)7-8-14(13)19/h4-9H,20H2,1-3H3,(H,21,22). The molecule has 0 aliphatic heterocycles. The number of carboxylic acid groups (broad SMARTS) is 1. The van der Waals surface area contributed by atoms with E-state index in [1.165, 1.54) is 24.3 Å². The van der Waals surface area contributed by atoms with E-state index in [-0.39, 0.29) is 27.9 Å². The molecular weight excluding hydrogens is 313 g/mol. The lowest BCUT2D eigenvalue weighted by molar-refractivity contribution is 0.00706. The van der Waals surface area contributed by atoms with Crippen molar-refractivity contribution in [2.24, 2.45) is 0 Å². The Morgan fingerprint density at radius 1 is 1.12 bits per heavy atom. The van der Waals surface area contributed by atoms with Gasteiger partial charge in [0.25, 0.3) is 0 Å². The summed E-state index contributed by atoms with van der Waals surface area (Å²) in [7, 11) is 0. The highest BCUT2D eigenvalue weighted by molar-refractivity contribution is 6.00. The molecule has 2 aromatic rings. The average molecular weight is 331 g/mol. The van der Waals surface area contributed by atoms with Crippen molar-refractivity contribution in [2.75, 3.05) is 5.73 Å². The smallest absolute Gasteiger partial charge is 0.340 e. The lowest BCUT2D eigenvalue weighted by Gasteiger charge is -2.20. The lowest BCUT2D eigenvalue weighted by atomic mass is 9.98. The lowest BCUT2D eigenvalue weighted by Crippen LogP contribution is -2.24. The van der Waals surface area contributed by atoms with Gasteiger partial charge in [0.2, 0.25) is 0 Å². The van der Waals surface area contributed by atoms with E-state index in [0.29, 0.717) is 0 Å². The molecule has 3 N–H and O–H groups in total. The third-order valence-electron chi connectivity index (χ3n) is 3.23. The highest BCUT2D eigenvalue weighted by Crippen LogP contribution is 2.32. The maximum Gasteiger partial charge on any atom is 0.340 e. The highest BCUT2D eigenvalue weighted by atomic mass is 19.1. The average Bonchev–Trinajstić information content (AvgIpc) is 2.46. The molecule has 0 radical (unpaired) electrons. The number of carboxylic acids is 1. The van der Waals surface area contributed by atoms with Gasteiger partial charge in [-0.3, -0.25) is 0 Å². The van der Waals surface area contributed by atoms with Crippen molar-refractivity contribution in [3.63, 3.8) is 0 Å². The first-order chi connectivity index (χ1) is 11.1. The molecule has 0 aliphatic carbocycles. The Balaban J connectivity index is 2.54. The zero-order chi connectivity index (χ0) is 18.1. The summed E-state index contributed by atoms with van der Waals surface area (Å²) in [6.45, 7) is 5.17. The van der Waals surface area contributed by atoms with Gasteiger partial charge in [0.15, 0.2) is 0 Å². The van der Waals surface area contributed by atoms with E-state index in [4.69, 9.17) is 15.6 Å². The third kappa shape index (κ3) is 3.71. The molecule has 2 aromatic carbocycles. The fraction of sp³-hybridized carbons (Fsp3) is 0.222. The number of nitrogen functional groups attached to an aromatic ring is 1. The van der Waals surface area contributed by atoms with Crippen LogP contribution in [0.25, 0.3) is 11.1 Å². The van der Waals surface area contributed by atoms with Crippen molar-refractivity contribution in [3.05, 3.63) is 53.3 Å². The van der Waals surface area contributed by atoms with E-state index < -0.39 is 23.4 Å². The van der Waals surface area contributed by atoms with E-state index in [9.17, 15) is 14.0 Å². The minimum Gasteiger partial charge on any atom is -0.478 e. The molecule has 6 heteroatoms. The normalized spacial score (nSPS) is 11.2. The minimum absolute atomic E-state index is 0.0119. The molecule has 0 heterocycles. The summed E-state index contributed by atoms with van der Waals surface area (Å²) in [4.78, 5) is 23.3. The van der Waals surface area contributed by atoms with Crippen molar-refractivity contribution in [1.82, 2.24) is 0 Å². The summed E-state index contributed by atoms with van der Waals surface area (Å²) < 4.78 is 19.4. The molecule has 0 atom stereocenters. The van der Waals surface area contributed by atoms with Crippen LogP contribution < -0.4 is 5.73 Å². The maximum atomic E-state index is 14.1. The first-order valence-electron chi connectivity index (χ1n) is 7.25. The van der Waals surface area contributed by atoms with Crippen molar-refractivity contribution < 1.29 is 23.8 Å². The molecule has 0 saturated carbocycles. The number of carbonyl (C=O) groups excluding carboxylic acids is 1. The number of ether oxygens (including phenoxy) is 1. The number of para-hydroxylation sites is 1. The van der Waals surface area contributed by atoms with Crippen LogP contribution in [0.15, 0.2) is 36.4 Å². The molecule has 0 unspecified atom stereocenters. The van der Waals surface area contributed by atoms with E-state index in [2.05, 4.69) is 0 Å². The van der Waals surface area contributed by atoms with Gasteiger partial charge < -0.3 is 15.6 Å². The van der Waals surface area contributed by atoms with Crippen molar-refractivity contribution in [3.8, 4) is 11.1 Å². The highest BCUT2D eigenvalue weighted by Gasteiger charge is 2.22. The van der Waals surface area contributed by atoms with Crippen LogP contribution >= 0.6 is 0 Å².